The van der Waals surface area contributed by atoms with Gasteiger partial charge in [-0.2, -0.15) is 0 Å². The molecule has 196 valence electrons. The van der Waals surface area contributed by atoms with Gasteiger partial charge in [-0.1, -0.05) is 42.5 Å². The van der Waals surface area contributed by atoms with Crippen molar-refractivity contribution in [1.29, 1.82) is 0 Å². The Morgan fingerprint density at radius 1 is 1.14 bits per heavy atom. The average molecular weight is 500 g/mol. The number of aliphatic hydroxyl groups excluding tert-OH is 1. The van der Waals surface area contributed by atoms with Crippen molar-refractivity contribution < 1.29 is 29.0 Å². The van der Waals surface area contributed by atoms with Gasteiger partial charge in [0.2, 0.25) is 17.7 Å². The number of amides is 3. The van der Waals surface area contributed by atoms with Crippen LogP contribution in [0.15, 0.2) is 42.5 Å². The van der Waals surface area contributed by atoms with Crippen LogP contribution in [0.4, 0.5) is 0 Å². The number of hydrogen-bond donors (Lipinski definition) is 3. The molecule has 0 spiro atoms. The van der Waals surface area contributed by atoms with Crippen molar-refractivity contribution in [1.82, 2.24) is 15.5 Å². The number of esters is 1. The molecule has 3 N–H and O–H groups in total. The lowest BCUT2D eigenvalue weighted by Crippen LogP contribution is -2.48. The van der Waals surface area contributed by atoms with E-state index in [1.54, 1.807) is 24.0 Å². The van der Waals surface area contributed by atoms with Crippen molar-refractivity contribution in [3.05, 3.63) is 48.0 Å². The zero-order valence-electron chi connectivity index (χ0n) is 20.9. The van der Waals surface area contributed by atoms with Crippen molar-refractivity contribution in [2.45, 2.75) is 57.6 Å². The average Bonchev–Trinajstić information content (AvgIpc) is 3.41. The van der Waals surface area contributed by atoms with Gasteiger partial charge < -0.3 is 25.4 Å². The molecule has 36 heavy (non-hydrogen) atoms. The van der Waals surface area contributed by atoms with Crippen LogP contribution in [-0.4, -0.2) is 72.1 Å². The predicted octanol–water partition coefficient (Wildman–Crippen LogP) is 1.35. The van der Waals surface area contributed by atoms with Crippen LogP contribution < -0.4 is 10.6 Å². The molecule has 1 aromatic rings. The summed E-state index contributed by atoms with van der Waals surface area (Å²) in [6.07, 6.45) is 5.70. The Morgan fingerprint density at radius 3 is 2.53 bits per heavy atom. The number of cyclic esters (lactones) is 1. The summed E-state index contributed by atoms with van der Waals surface area (Å²) < 4.78 is 5.50. The Bertz CT molecular complexity index is 929. The fourth-order valence-electron chi connectivity index (χ4n) is 4.46. The standard InChI is InChI=1S/C27H37N3O6/c1-19-17-28-25(33)23(26(34)29-22(18-31)15-20-9-3-2-4-10-20)12-6-5-11-21(27(35)36-19)16-24(32)30-13-7-8-14-30/h2-6,9-10,19,21-23,31H,7-8,11-18H2,1H3,(H,28,33)(H,29,34)/t19?,21?,22-,23?/m1/s1. The second kappa shape index (κ2) is 13.8. The van der Waals surface area contributed by atoms with E-state index in [-0.39, 0.29) is 38.3 Å². The van der Waals surface area contributed by atoms with Gasteiger partial charge in [0.25, 0.3) is 0 Å². The first kappa shape index (κ1) is 27.4. The SMILES string of the molecule is CC1CNC(=O)C(C(=O)N[C@@H](CO)Cc2ccccc2)CC=CCC(CC(=O)N2CCCC2)C(=O)O1. The van der Waals surface area contributed by atoms with E-state index in [4.69, 9.17) is 4.74 Å². The number of carbonyl (C=O) groups is 4. The molecule has 2 aliphatic rings. The third-order valence-corrected chi connectivity index (χ3v) is 6.58. The van der Waals surface area contributed by atoms with Crippen LogP contribution >= 0.6 is 0 Å². The molecule has 1 aromatic carbocycles. The third-order valence-electron chi connectivity index (χ3n) is 6.58. The molecular weight excluding hydrogens is 462 g/mol. The number of likely N-dealkylation sites (tertiary alicyclic amines) is 1. The van der Waals surface area contributed by atoms with Crippen molar-refractivity contribution >= 4 is 23.7 Å². The lowest BCUT2D eigenvalue weighted by Gasteiger charge is -2.24. The summed E-state index contributed by atoms with van der Waals surface area (Å²) in [5.41, 5.74) is 0.963. The molecule has 0 aromatic heterocycles. The minimum absolute atomic E-state index is 0.0539. The van der Waals surface area contributed by atoms with Gasteiger partial charge in [0.1, 0.15) is 12.0 Å². The van der Waals surface area contributed by atoms with Gasteiger partial charge in [-0.25, -0.2) is 0 Å². The molecule has 2 heterocycles. The fraction of sp³-hybridized carbons (Fsp3) is 0.556. The zero-order valence-corrected chi connectivity index (χ0v) is 20.9. The Labute approximate surface area is 212 Å². The maximum Gasteiger partial charge on any atom is 0.310 e. The molecule has 0 bridgehead atoms. The van der Waals surface area contributed by atoms with Gasteiger partial charge in [0, 0.05) is 19.5 Å². The largest absolute Gasteiger partial charge is 0.461 e. The first-order valence-electron chi connectivity index (χ1n) is 12.7. The quantitative estimate of drug-likeness (QED) is 0.296. The normalized spacial score (nSPS) is 24.2. The molecule has 0 radical (unpaired) electrons. The van der Waals surface area contributed by atoms with E-state index in [1.807, 2.05) is 30.3 Å². The van der Waals surface area contributed by atoms with E-state index < -0.39 is 41.8 Å². The molecule has 9 nitrogen and oxygen atoms in total. The van der Waals surface area contributed by atoms with E-state index in [9.17, 15) is 24.3 Å². The molecule has 1 saturated heterocycles. The molecule has 1 fully saturated rings. The van der Waals surface area contributed by atoms with Gasteiger partial charge in [0.15, 0.2) is 0 Å². The van der Waals surface area contributed by atoms with E-state index in [0.29, 0.717) is 6.42 Å². The first-order chi connectivity index (χ1) is 17.4. The summed E-state index contributed by atoms with van der Waals surface area (Å²) in [6.45, 7) is 2.89. The van der Waals surface area contributed by atoms with Gasteiger partial charge in [-0.05, 0) is 44.6 Å². The second-order valence-corrected chi connectivity index (χ2v) is 9.55. The zero-order chi connectivity index (χ0) is 25.9. The highest BCUT2D eigenvalue weighted by Crippen LogP contribution is 2.19. The minimum atomic E-state index is -1.00. The van der Waals surface area contributed by atoms with E-state index in [0.717, 1.165) is 31.5 Å². The summed E-state index contributed by atoms with van der Waals surface area (Å²) >= 11 is 0. The smallest absolute Gasteiger partial charge is 0.310 e. The third kappa shape index (κ3) is 8.19. The molecule has 2 aliphatic heterocycles. The summed E-state index contributed by atoms with van der Waals surface area (Å²) in [5, 5.41) is 15.3. The Hall–Kier alpha value is -3.20. The predicted molar refractivity (Wildman–Crippen MR) is 134 cm³/mol. The molecule has 3 unspecified atom stereocenters. The van der Waals surface area contributed by atoms with Crippen molar-refractivity contribution in [2.24, 2.45) is 11.8 Å². The lowest BCUT2D eigenvalue weighted by molar-refractivity contribution is -0.156. The van der Waals surface area contributed by atoms with Crippen molar-refractivity contribution in [3.8, 4) is 0 Å². The highest BCUT2D eigenvalue weighted by Gasteiger charge is 2.30. The number of nitrogens with zero attached hydrogens (tertiary/aromatic N) is 1. The van der Waals surface area contributed by atoms with Crippen LogP contribution in [0.5, 0.6) is 0 Å². The number of ether oxygens (including phenoxy) is 1. The van der Waals surface area contributed by atoms with Crippen LogP contribution in [0.1, 0.15) is 44.6 Å². The van der Waals surface area contributed by atoms with E-state index in [1.165, 1.54) is 0 Å². The maximum atomic E-state index is 13.0. The summed E-state index contributed by atoms with van der Waals surface area (Å²) in [7, 11) is 0. The summed E-state index contributed by atoms with van der Waals surface area (Å²) in [5.74, 6) is -3.09. The summed E-state index contributed by atoms with van der Waals surface area (Å²) in [4.78, 5) is 53.0. The number of hydrogen-bond acceptors (Lipinski definition) is 6. The number of carbonyl (C=O) groups excluding carboxylic acids is 4. The van der Waals surface area contributed by atoms with Gasteiger partial charge >= 0.3 is 5.97 Å². The molecule has 9 heteroatoms. The van der Waals surface area contributed by atoms with Crippen LogP contribution in [0.3, 0.4) is 0 Å². The number of rotatable bonds is 7. The molecule has 3 amide bonds. The Morgan fingerprint density at radius 2 is 1.83 bits per heavy atom. The number of aliphatic hydroxyl groups is 1. The van der Waals surface area contributed by atoms with Gasteiger partial charge in [0.05, 0.1) is 25.1 Å². The van der Waals surface area contributed by atoms with Crippen molar-refractivity contribution in [2.75, 3.05) is 26.2 Å². The number of allylic oxidation sites excluding steroid dienone is 2. The molecule has 4 atom stereocenters. The van der Waals surface area contributed by atoms with Gasteiger partial charge in [-0.15, -0.1) is 0 Å². The number of nitrogens with one attached hydrogen (secondary N) is 2. The Balaban J connectivity index is 1.66. The maximum absolute atomic E-state index is 13.0. The Kier molecular flexibility index (Phi) is 10.5. The van der Waals surface area contributed by atoms with Crippen LogP contribution in [0.2, 0.25) is 0 Å². The molecule has 3 rings (SSSR count). The van der Waals surface area contributed by atoms with Crippen LogP contribution in [0.25, 0.3) is 0 Å². The first-order valence-corrected chi connectivity index (χ1v) is 12.7. The molecule has 0 aliphatic carbocycles. The highest BCUT2D eigenvalue weighted by molar-refractivity contribution is 6.00. The molecule has 0 saturated carbocycles. The fourth-order valence-corrected chi connectivity index (χ4v) is 4.46. The summed E-state index contributed by atoms with van der Waals surface area (Å²) in [6, 6.07) is 8.95. The van der Waals surface area contributed by atoms with Crippen molar-refractivity contribution in [3.63, 3.8) is 0 Å². The van der Waals surface area contributed by atoms with Gasteiger partial charge in [-0.3, -0.25) is 19.2 Å². The second-order valence-electron chi connectivity index (χ2n) is 9.55. The lowest BCUT2D eigenvalue weighted by atomic mass is 9.97. The molecular formula is C27H37N3O6. The minimum Gasteiger partial charge on any atom is -0.461 e. The highest BCUT2D eigenvalue weighted by atomic mass is 16.5. The van der Waals surface area contributed by atoms with Crippen LogP contribution in [-0.2, 0) is 30.3 Å². The van der Waals surface area contributed by atoms with E-state index >= 15 is 0 Å². The number of benzene rings is 1. The topological polar surface area (TPSA) is 125 Å². The van der Waals surface area contributed by atoms with E-state index in [2.05, 4.69) is 10.6 Å². The monoisotopic (exact) mass is 499 g/mol. The van der Waals surface area contributed by atoms with Crippen LogP contribution in [0, 0.1) is 11.8 Å².